The number of carbonyl (C=O) groups is 2. The highest BCUT2D eigenvalue weighted by Crippen LogP contribution is 2.27. The van der Waals surface area contributed by atoms with Crippen molar-refractivity contribution >= 4 is 50.7 Å². The van der Waals surface area contributed by atoms with Crippen LogP contribution in [0.25, 0.3) is 0 Å². The van der Waals surface area contributed by atoms with Crippen LogP contribution in [0.15, 0.2) is 77.7 Å². The number of methoxy groups -OCH3 is 1. The Balaban J connectivity index is 2.02. The third-order valence-electron chi connectivity index (χ3n) is 5.80. The fourth-order valence-electron chi connectivity index (χ4n) is 3.75. The number of sulfonamides is 1. The molecule has 0 heterocycles. The number of benzene rings is 3. The molecule has 38 heavy (non-hydrogen) atoms. The quantitative estimate of drug-likeness (QED) is 0.354. The van der Waals surface area contributed by atoms with E-state index < -0.39 is 28.5 Å². The summed E-state index contributed by atoms with van der Waals surface area (Å²) in [5.41, 5.74) is 0.935. The molecule has 2 amide bonds. The van der Waals surface area contributed by atoms with Crippen LogP contribution in [0.3, 0.4) is 0 Å². The molecule has 3 aromatic rings. The molecule has 3 aromatic carbocycles. The summed E-state index contributed by atoms with van der Waals surface area (Å²) < 4.78 is 33.7. The topological polar surface area (TPSA) is 96.0 Å². The molecule has 11 heteroatoms. The summed E-state index contributed by atoms with van der Waals surface area (Å²) in [7, 11) is -2.71. The van der Waals surface area contributed by atoms with Gasteiger partial charge in [-0.1, -0.05) is 35.3 Å². The van der Waals surface area contributed by atoms with E-state index in [0.717, 1.165) is 4.31 Å². The van der Waals surface area contributed by atoms with Gasteiger partial charge in [-0.3, -0.25) is 13.9 Å². The Morgan fingerprint density at radius 1 is 0.974 bits per heavy atom. The number of likely N-dealkylation sites (N-methyl/N-ethyl adjacent to an activating group) is 1. The number of hydrogen-bond donors (Lipinski definition) is 1. The maximum atomic E-state index is 13.8. The van der Waals surface area contributed by atoms with E-state index in [4.69, 9.17) is 27.9 Å². The number of carbonyl (C=O) groups excluding carboxylic acids is 2. The van der Waals surface area contributed by atoms with Crippen molar-refractivity contribution in [2.45, 2.75) is 31.3 Å². The van der Waals surface area contributed by atoms with Crippen molar-refractivity contribution in [1.82, 2.24) is 10.2 Å². The van der Waals surface area contributed by atoms with E-state index >= 15 is 0 Å². The first kappa shape index (κ1) is 29.3. The molecule has 0 bridgehead atoms. The van der Waals surface area contributed by atoms with Crippen molar-refractivity contribution in [1.29, 1.82) is 0 Å². The SMILES string of the molecule is CCNC(=O)[C@H](C)N(Cc1cccc(Cl)c1)C(=O)CN(c1ccc(Cl)cc1)S(=O)(=O)c1ccc(OC)cc1. The minimum atomic E-state index is -4.19. The van der Waals surface area contributed by atoms with Crippen LogP contribution in [-0.2, 0) is 26.2 Å². The largest absolute Gasteiger partial charge is 0.497 e. The zero-order chi connectivity index (χ0) is 27.9. The third-order valence-corrected chi connectivity index (χ3v) is 8.08. The Labute approximate surface area is 233 Å². The van der Waals surface area contributed by atoms with Crippen LogP contribution >= 0.6 is 23.2 Å². The Bertz CT molecular complexity index is 1370. The van der Waals surface area contributed by atoms with Gasteiger partial charge >= 0.3 is 0 Å². The fraction of sp³-hybridized carbons (Fsp3) is 0.259. The van der Waals surface area contributed by atoms with Gasteiger partial charge in [0, 0.05) is 23.1 Å². The number of amides is 2. The predicted molar refractivity (Wildman–Crippen MR) is 149 cm³/mol. The molecule has 0 aliphatic rings. The number of hydrogen-bond acceptors (Lipinski definition) is 5. The van der Waals surface area contributed by atoms with E-state index in [2.05, 4.69) is 5.32 Å². The fourth-order valence-corrected chi connectivity index (χ4v) is 5.50. The molecule has 1 atom stereocenters. The van der Waals surface area contributed by atoms with Gasteiger partial charge in [-0.15, -0.1) is 0 Å². The van der Waals surface area contributed by atoms with Crippen molar-refractivity contribution < 1.29 is 22.7 Å². The summed E-state index contributed by atoms with van der Waals surface area (Å²) >= 11 is 12.2. The lowest BCUT2D eigenvalue weighted by atomic mass is 10.1. The average molecular weight is 579 g/mol. The Morgan fingerprint density at radius 2 is 1.63 bits per heavy atom. The zero-order valence-corrected chi connectivity index (χ0v) is 23.6. The minimum absolute atomic E-state index is 0.0285. The Kier molecular flexibility index (Phi) is 10.0. The van der Waals surface area contributed by atoms with Crippen LogP contribution in [0, 0.1) is 0 Å². The molecule has 0 spiro atoms. The molecule has 0 saturated heterocycles. The number of rotatable bonds is 11. The van der Waals surface area contributed by atoms with E-state index in [0.29, 0.717) is 27.9 Å². The molecule has 0 aromatic heterocycles. The van der Waals surface area contributed by atoms with Gasteiger partial charge in [-0.05, 0) is 80.1 Å². The van der Waals surface area contributed by atoms with Gasteiger partial charge in [-0.2, -0.15) is 0 Å². The molecule has 202 valence electrons. The Hall–Kier alpha value is -3.27. The molecule has 0 aliphatic heterocycles. The molecule has 3 rings (SSSR count). The highest BCUT2D eigenvalue weighted by Gasteiger charge is 2.32. The lowest BCUT2D eigenvalue weighted by Crippen LogP contribution is -2.51. The average Bonchev–Trinajstić information content (AvgIpc) is 2.90. The molecule has 0 aliphatic carbocycles. The molecule has 8 nitrogen and oxygen atoms in total. The van der Waals surface area contributed by atoms with Crippen LogP contribution in [0.5, 0.6) is 5.75 Å². The second-order valence-corrected chi connectivity index (χ2v) is 11.1. The summed E-state index contributed by atoms with van der Waals surface area (Å²) in [5, 5.41) is 3.61. The lowest BCUT2D eigenvalue weighted by molar-refractivity contribution is -0.139. The molecule has 0 saturated carbocycles. The number of nitrogens with one attached hydrogen (secondary N) is 1. The van der Waals surface area contributed by atoms with E-state index in [1.165, 1.54) is 48.4 Å². The van der Waals surface area contributed by atoms with E-state index in [1.807, 2.05) is 0 Å². The number of nitrogens with zero attached hydrogens (tertiary/aromatic N) is 2. The van der Waals surface area contributed by atoms with Crippen molar-refractivity contribution in [3.63, 3.8) is 0 Å². The van der Waals surface area contributed by atoms with Gasteiger partial charge < -0.3 is 15.0 Å². The van der Waals surface area contributed by atoms with Crippen LogP contribution in [-0.4, -0.2) is 51.4 Å². The van der Waals surface area contributed by atoms with E-state index in [9.17, 15) is 18.0 Å². The number of halogens is 2. The van der Waals surface area contributed by atoms with Crippen molar-refractivity contribution in [3.8, 4) is 5.75 Å². The summed E-state index contributed by atoms with van der Waals surface area (Å²) in [4.78, 5) is 27.8. The predicted octanol–water partition coefficient (Wildman–Crippen LogP) is 4.75. The van der Waals surface area contributed by atoms with Crippen molar-refractivity contribution in [2.24, 2.45) is 0 Å². The normalized spacial score (nSPS) is 11.9. The van der Waals surface area contributed by atoms with Crippen LogP contribution in [0.2, 0.25) is 10.0 Å². The van der Waals surface area contributed by atoms with Gasteiger partial charge in [0.25, 0.3) is 10.0 Å². The molecule has 0 unspecified atom stereocenters. The van der Waals surface area contributed by atoms with Gasteiger partial charge in [0.15, 0.2) is 0 Å². The molecule has 0 radical (unpaired) electrons. The number of anilines is 1. The molecular formula is C27H29Cl2N3O5S. The molecular weight excluding hydrogens is 549 g/mol. The third kappa shape index (κ3) is 7.18. The van der Waals surface area contributed by atoms with Gasteiger partial charge in [0.05, 0.1) is 17.7 Å². The summed E-state index contributed by atoms with van der Waals surface area (Å²) in [5.74, 6) is -0.448. The number of ether oxygens (including phenoxy) is 1. The van der Waals surface area contributed by atoms with E-state index in [1.54, 1.807) is 50.2 Å². The first-order chi connectivity index (χ1) is 18.1. The maximum absolute atomic E-state index is 13.8. The van der Waals surface area contributed by atoms with E-state index in [-0.39, 0.29) is 23.0 Å². The zero-order valence-electron chi connectivity index (χ0n) is 21.2. The summed E-state index contributed by atoms with van der Waals surface area (Å²) in [6.45, 7) is 3.25. The van der Waals surface area contributed by atoms with Crippen LogP contribution in [0.4, 0.5) is 5.69 Å². The van der Waals surface area contributed by atoms with Crippen LogP contribution < -0.4 is 14.4 Å². The Morgan fingerprint density at radius 3 is 2.21 bits per heavy atom. The maximum Gasteiger partial charge on any atom is 0.264 e. The van der Waals surface area contributed by atoms with Gasteiger partial charge in [0.1, 0.15) is 18.3 Å². The summed E-state index contributed by atoms with van der Waals surface area (Å²) in [6, 6.07) is 18.0. The first-order valence-electron chi connectivity index (χ1n) is 11.8. The standard InChI is InChI=1S/C27H29Cl2N3O5S/c1-4-30-27(34)19(2)31(17-20-6-5-7-22(29)16-20)26(33)18-32(23-10-8-21(28)9-11-23)38(35,36)25-14-12-24(37-3)13-15-25/h5-16,19H,4,17-18H2,1-3H3,(H,30,34)/t19-/m0/s1. The van der Waals surface area contributed by atoms with Crippen molar-refractivity contribution in [3.05, 3.63) is 88.4 Å². The second-order valence-electron chi connectivity index (χ2n) is 8.39. The highest BCUT2D eigenvalue weighted by atomic mass is 35.5. The smallest absolute Gasteiger partial charge is 0.264 e. The lowest BCUT2D eigenvalue weighted by Gasteiger charge is -2.32. The summed E-state index contributed by atoms with van der Waals surface area (Å²) in [6.07, 6.45) is 0. The molecule has 0 fully saturated rings. The van der Waals surface area contributed by atoms with Crippen LogP contribution in [0.1, 0.15) is 19.4 Å². The monoisotopic (exact) mass is 577 g/mol. The van der Waals surface area contributed by atoms with Gasteiger partial charge in [-0.25, -0.2) is 8.42 Å². The highest BCUT2D eigenvalue weighted by molar-refractivity contribution is 7.92. The molecule has 1 N–H and O–H groups in total. The van der Waals surface area contributed by atoms with Crippen molar-refractivity contribution in [2.75, 3.05) is 24.5 Å². The minimum Gasteiger partial charge on any atom is -0.497 e. The second kappa shape index (κ2) is 13.0. The first-order valence-corrected chi connectivity index (χ1v) is 14.0. The van der Waals surface area contributed by atoms with Gasteiger partial charge in [0.2, 0.25) is 11.8 Å².